The monoisotopic (exact) mass is 224 g/mol. The standard InChI is InChI=1S/C12H17ClN2/c1-8-2-3-10(13)6-12(8)15-7-9-4-11(14)5-9/h2-3,6,9,11,15H,4-5,7,14H2,1H3. The molecule has 2 rings (SSSR count). The van der Waals surface area contributed by atoms with Gasteiger partial charge >= 0.3 is 0 Å². The van der Waals surface area contributed by atoms with Gasteiger partial charge in [-0.05, 0) is 43.4 Å². The highest BCUT2D eigenvalue weighted by Crippen LogP contribution is 2.27. The average Bonchev–Trinajstić information content (AvgIpc) is 2.16. The molecular weight excluding hydrogens is 208 g/mol. The molecule has 0 bridgehead atoms. The lowest BCUT2D eigenvalue weighted by Crippen LogP contribution is -2.39. The molecular formula is C12H17ClN2. The van der Waals surface area contributed by atoms with E-state index < -0.39 is 0 Å². The molecule has 15 heavy (non-hydrogen) atoms. The molecule has 1 aromatic rings. The van der Waals surface area contributed by atoms with Crippen molar-refractivity contribution in [3.05, 3.63) is 28.8 Å². The highest BCUT2D eigenvalue weighted by molar-refractivity contribution is 6.30. The Hall–Kier alpha value is -0.730. The third-order valence-corrected chi connectivity index (χ3v) is 3.29. The predicted molar refractivity (Wildman–Crippen MR) is 65.4 cm³/mol. The maximum atomic E-state index is 5.94. The van der Waals surface area contributed by atoms with Gasteiger partial charge in [-0.3, -0.25) is 0 Å². The number of aryl methyl sites for hydroxylation is 1. The lowest BCUT2D eigenvalue weighted by molar-refractivity contribution is 0.280. The van der Waals surface area contributed by atoms with Crippen molar-refractivity contribution >= 4 is 17.3 Å². The summed E-state index contributed by atoms with van der Waals surface area (Å²) in [5.74, 6) is 0.735. The second-order valence-corrected chi connectivity index (χ2v) is 4.87. The van der Waals surface area contributed by atoms with Gasteiger partial charge in [-0.15, -0.1) is 0 Å². The first-order chi connectivity index (χ1) is 7.15. The van der Waals surface area contributed by atoms with Crippen molar-refractivity contribution < 1.29 is 0 Å². The van der Waals surface area contributed by atoms with Gasteiger partial charge in [-0.2, -0.15) is 0 Å². The summed E-state index contributed by atoms with van der Waals surface area (Å²) < 4.78 is 0. The Bertz CT molecular complexity index is 345. The maximum absolute atomic E-state index is 5.94. The van der Waals surface area contributed by atoms with E-state index in [0.29, 0.717) is 6.04 Å². The smallest absolute Gasteiger partial charge is 0.0426 e. The summed E-state index contributed by atoms with van der Waals surface area (Å²) in [6.07, 6.45) is 2.29. The number of hydrogen-bond donors (Lipinski definition) is 2. The van der Waals surface area contributed by atoms with E-state index in [1.54, 1.807) is 0 Å². The van der Waals surface area contributed by atoms with Gasteiger partial charge in [-0.25, -0.2) is 0 Å². The van der Waals surface area contributed by atoms with Gasteiger partial charge < -0.3 is 11.1 Å². The van der Waals surface area contributed by atoms with Crippen LogP contribution in [0.5, 0.6) is 0 Å². The lowest BCUT2D eigenvalue weighted by Gasteiger charge is -2.32. The van der Waals surface area contributed by atoms with Crippen molar-refractivity contribution in [2.45, 2.75) is 25.8 Å². The molecule has 1 aliphatic carbocycles. The number of rotatable bonds is 3. The second kappa shape index (κ2) is 4.42. The topological polar surface area (TPSA) is 38.0 Å². The zero-order chi connectivity index (χ0) is 10.8. The highest BCUT2D eigenvalue weighted by Gasteiger charge is 2.25. The van der Waals surface area contributed by atoms with Gasteiger partial charge in [0.25, 0.3) is 0 Å². The average molecular weight is 225 g/mol. The largest absolute Gasteiger partial charge is 0.385 e. The Kier molecular flexibility index (Phi) is 3.17. The molecule has 1 aromatic carbocycles. The zero-order valence-electron chi connectivity index (χ0n) is 8.96. The minimum absolute atomic E-state index is 0.428. The summed E-state index contributed by atoms with van der Waals surface area (Å²) in [6, 6.07) is 6.37. The van der Waals surface area contributed by atoms with Gasteiger partial charge in [0.05, 0.1) is 0 Å². The van der Waals surface area contributed by atoms with E-state index in [9.17, 15) is 0 Å². The van der Waals surface area contributed by atoms with Crippen molar-refractivity contribution in [3.63, 3.8) is 0 Å². The number of nitrogens with two attached hydrogens (primary N) is 1. The zero-order valence-corrected chi connectivity index (χ0v) is 9.72. The Morgan fingerprint density at radius 3 is 2.87 bits per heavy atom. The fourth-order valence-electron chi connectivity index (χ4n) is 1.99. The fraction of sp³-hybridized carbons (Fsp3) is 0.500. The van der Waals surface area contributed by atoms with E-state index in [4.69, 9.17) is 17.3 Å². The molecule has 0 atom stereocenters. The quantitative estimate of drug-likeness (QED) is 0.829. The number of halogens is 1. The number of nitrogens with one attached hydrogen (secondary N) is 1. The SMILES string of the molecule is Cc1ccc(Cl)cc1NCC1CC(N)C1. The molecule has 0 unspecified atom stereocenters. The van der Waals surface area contributed by atoms with E-state index in [1.807, 2.05) is 18.2 Å². The van der Waals surface area contributed by atoms with Crippen LogP contribution in [0.4, 0.5) is 5.69 Å². The third kappa shape index (κ3) is 2.64. The van der Waals surface area contributed by atoms with Crippen molar-refractivity contribution in [1.82, 2.24) is 0 Å². The fourth-order valence-corrected chi connectivity index (χ4v) is 2.17. The summed E-state index contributed by atoms with van der Waals surface area (Å²) >= 11 is 5.94. The van der Waals surface area contributed by atoms with Crippen LogP contribution >= 0.6 is 11.6 Å². The summed E-state index contributed by atoms with van der Waals surface area (Å²) in [4.78, 5) is 0. The molecule has 3 heteroatoms. The van der Waals surface area contributed by atoms with E-state index in [-0.39, 0.29) is 0 Å². The summed E-state index contributed by atoms with van der Waals surface area (Å²) in [6.45, 7) is 3.10. The molecule has 1 fully saturated rings. The molecule has 2 nitrogen and oxygen atoms in total. The Labute approximate surface area is 95.8 Å². The van der Waals surface area contributed by atoms with Crippen LogP contribution in [0.15, 0.2) is 18.2 Å². The Morgan fingerprint density at radius 1 is 1.47 bits per heavy atom. The number of benzene rings is 1. The molecule has 0 amide bonds. The van der Waals surface area contributed by atoms with Crippen LogP contribution in [-0.4, -0.2) is 12.6 Å². The minimum atomic E-state index is 0.428. The number of hydrogen-bond acceptors (Lipinski definition) is 2. The Balaban J connectivity index is 1.90. The molecule has 0 radical (unpaired) electrons. The van der Waals surface area contributed by atoms with Crippen LogP contribution in [0.2, 0.25) is 5.02 Å². The number of anilines is 1. The van der Waals surface area contributed by atoms with Gasteiger partial charge in [0.15, 0.2) is 0 Å². The van der Waals surface area contributed by atoms with E-state index >= 15 is 0 Å². The van der Waals surface area contributed by atoms with E-state index in [0.717, 1.165) is 36.0 Å². The van der Waals surface area contributed by atoms with Gasteiger partial charge in [-0.1, -0.05) is 17.7 Å². The van der Waals surface area contributed by atoms with Crippen LogP contribution in [0.25, 0.3) is 0 Å². The van der Waals surface area contributed by atoms with Crippen molar-refractivity contribution in [3.8, 4) is 0 Å². The summed E-state index contributed by atoms with van der Waals surface area (Å²) in [7, 11) is 0. The first kappa shape index (κ1) is 10.8. The molecule has 3 N–H and O–H groups in total. The van der Waals surface area contributed by atoms with Crippen LogP contribution in [0.3, 0.4) is 0 Å². The molecule has 1 saturated carbocycles. The summed E-state index contributed by atoms with van der Waals surface area (Å²) in [5.41, 5.74) is 8.12. The molecule has 0 aliphatic heterocycles. The van der Waals surface area contributed by atoms with Crippen molar-refractivity contribution in [2.75, 3.05) is 11.9 Å². The van der Waals surface area contributed by atoms with Crippen LogP contribution in [0, 0.1) is 12.8 Å². The van der Waals surface area contributed by atoms with Crippen LogP contribution < -0.4 is 11.1 Å². The second-order valence-electron chi connectivity index (χ2n) is 4.44. The highest BCUT2D eigenvalue weighted by atomic mass is 35.5. The molecule has 0 spiro atoms. The van der Waals surface area contributed by atoms with Gasteiger partial charge in [0, 0.05) is 23.3 Å². The van der Waals surface area contributed by atoms with Crippen LogP contribution in [0.1, 0.15) is 18.4 Å². The van der Waals surface area contributed by atoms with Crippen molar-refractivity contribution in [2.24, 2.45) is 11.7 Å². The van der Waals surface area contributed by atoms with Gasteiger partial charge in [0.1, 0.15) is 0 Å². The van der Waals surface area contributed by atoms with Crippen molar-refractivity contribution in [1.29, 1.82) is 0 Å². The lowest BCUT2D eigenvalue weighted by atomic mass is 9.81. The third-order valence-electron chi connectivity index (χ3n) is 3.05. The molecule has 0 saturated heterocycles. The van der Waals surface area contributed by atoms with Crippen LogP contribution in [-0.2, 0) is 0 Å². The summed E-state index contributed by atoms with van der Waals surface area (Å²) in [5, 5.41) is 4.22. The first-order valence-electron chi connectivity index (χ1n) is 5.41. The van der Waals surface area contributed by atoms with E-state index in [2.05, 4.69) is 12.2 Å². The predicted octanol–water partition coefficient (Wildman–Crippen LogP) is 2.80. The first-order valence-corrected chi connectivity index (χ1v) is 5.78. The molecule has 0 heterocycles. The maximum Gasteiger partial charge on any atom is 0.0426 e. The minimum Gasteiger partial charge on any atom is -0.385 e. The molecule has 1 aliphatic rings. The molecule has 0 aromatic heterocycles. The Morgan fingerprint density at radius 2 is 2.20 bits per heavy atom. The normalized spacial score (nSPS) is 24.7. The molecule has 82 valence electrons. The van der Waals surface area contributed by atoms with E-state index in [1.165, 1.54) is 5.56 Å². The van der Waals surface area contributed by atoms with Gasteiger partial charge in [0.2, 0.25) is 0 Å².